The summed E-state index contributed by atoms with van der Waals surface area (Å²) in [5.74, 6) is -1.31. The number of aliphatic hydroxyl groups is 1. The van der Waals surface area contributed by atoms with E-state index in [1.165, 1.54) is 36.7 Å². The first-order valence-electron chi connectivity index (χ1n) is 14.9. The maximum atomic E-state index is 14.2. The van der Waals surface area contributed by atoms with Gasteiger partial charge in [0.1, 0.15) is 34.4 Å². The number of benzene rings is 4. The van der Waals surface area contributed by atoms with E-state index >= 15 is 0 Å². The van der Waals surface area contributed by atoms with Crippen molar-refractivity contribution >= 4 is 15.8 Å². The minimum Gasteiger partial charge on any atom is -0.508 e. The molecule has 0 unspecified atom stereocenters. The molecule has 0 spiro atoms. The molecule has 0 fully saturated rings. The number of aromatic nitrogens is 3. The molecule has 0 aliphatic rings. The number of rotatable bonds is 14. The number of hydrogen-bond donors (Lipinski definition) is 1. The first-order valence-corrected chi connectivity index (χ1v) is 16.4. The highest BCUT2D eigenvalue weighted by atomic mass is 32.2. The van der Waals surface area contributed by atoms with E-state index in [2.05, 4.69) is 21.5 Å². The van der Waals surface area contributed by atoms with E-state index in [0.29, 0.717) is 36.0 Å². The monoisotopic (exact) mass is 680 g/mol. The van der Waals surface area contributed by atoms with Crippen LogP contribution in [0.25, 0.3) is 16.9 Å². The summed E-state index contributed by atoms with van der Waals surface area (Å²) in [7, 11) is -4.62. The van der Waals surface area contributed by atoms with E-state index in [4.69, 9.17) is 0 Å². The summed E-state index contributed by atoms with van der Waals surface area (Å²) in [6.45, 7) is 3.23. The van der Waals surface area contributed by atoms with Crippen LogP contribution in [-0.4, -0.2) is 45.5 Å². The molecule has 4 aromatic carbocycles. The Kier molecular flexibility index (Phi) is 10.6. The van der Waals surface area contributed by atoms with Gasteiger partial charge in [0, 0.05) is 12.1 Å². The summed E-state index contributed by atoms with van der Waals surface area (Å²) in [6.07, 6.45) is -2.14. The van der Waals surface area contributed by atoms with Gasteiger partial charge >= 0.3 is 6.36 Å². The predicted octanol–water partition coefficient (Wildman–Crippen LogP) is 7.77. The van der Waals surface area contributed by atoms with Crippen molar-refractivity contribution in [2.24, 2.45) is 0 Å². The second kappa shape index (κ2) is 14.8. The largest absolute Gasteiger partial charge is 0.573 e. The summed E-state index contributed by atoms with van der Waals surface area (Å²) in [6, 6.07) is 25.2. The van der Waals surface area contributed by atoms with Crippen molar-refractivity contribution < 1.29 is 35.8 Å². The van der Waals surface area contributed by atoms with Crippen LogP contribution in [0, 0.1) is 5.82 Å². The van der Waals surface area contributed by atoms with Crippen molar-refractivity contribution in [3.05, 3.63) is 138 Å². The standard InChI is InChI=1S/C35H32F4N4O4S/c1-25(44)28-13-15-29(16-14-28)30-17-18-33(32(21-30)47-35(37,38)39)48(45,46)43(19-6-5-10-26-8-3-2-4-9-26)23-34-41-40-24-42(34)22-27-11-7-12-31(36)20-27/h2-4,7-9,11-18,20-21,24,44H,1,5-6,10,19,22-23H2. The van der Waals surface area contributed by atoms with Crippen LogP contribution in [0.1, 0.15) is 35.4 Å². The van der Waals surface area contributed by atoms with Gasteiger partial charge in [0.25, 0.3) is 0 Å². The van der Waals surface area contributed by atoms with Gasteiger partial charge in [-0.3, -0.25) is 0 Å². The van der Waals surface area contributed by atoms with Gasteiger partial charge in [0.2, 0.25) is 10.0 Å². The van der Waals surface area contributed by atoms with E-state index in [1.807, 2.05) is 30.3 Å². The van der Waals surface area contributed by atoms with Crippen LogP contribution in [-0.2, 0) is 29.5 Å². The molecule has 48 heavy (non-hydrogen) atoms. The zero-order valence-corrected chi connectivity index (χ0v) is 26.5. The van der Waals surface area contributed by atoms with Gasteiger partial charge in [-0.05, 0) is 65.8 Å². The van der Waals surface area contributed by atoms with Crippen LogP contribution in [0.3, 0.4) is 0 Å². The van der Waals surface area contributed by atoms with Gasteiger partial charge in [-0.25, -0.2) is 12.8 Å². The number of unbranched alkanes of at least 4 members (excludes halogenated alkanes) is 1. The highest BCUT2D eigenvalue weighted by Gasteiger charge is 2.36. The Morgan fingerprint density at radius 3 is 2.29 bits per heavy atom. The second-order valence-corrected chi connectivity index (χ2v) is 12.9. The van der Waals surface area contributed by atoms with E-state index in [-0.39, 0.29) is 36.8 Å². The van der Waals surface area contributed by atoms with Crippen molar-refractivity contribution in [2.75, 3.05) is 6.54 Å². The van der Waals surface area contributed by atoms with Crippen molar-refractivity contribution in [3.8, 4) is 16.9 Å². The molecular weight excluding hydrogens is 648 g/mol. The fraction of sp³-hybridized carbons (Fsp3) is 0.200. The predicted molar refractivity (Wildman–Crippen MR) is 173 cm³/mol. The Hall–Kier alpha value is -5.01. The van der Waals surface area contributed by atoms with E-state index in [1.54, 1.807) is 28.8 Å². The Morgan fingerprint density at radius 1 is 0.896 bits per heavy atom. The van der Waals surface area contributed by atoms with Crippen molar-refractivity contribution in [1.29, 1.82) is 0 Å². The van der Waals surface area contributed by atoms with Gasteiger partial charge < -0.3 is 14.4 Å². The van der Waals surface area contributed by atoms with Crippen LogP contribution in [0.2, 0.25) is 0 Å². The molecule has 0 radical (unpaired) electrons. The molecule has 0 amide bonds. The number of nitrogens with zero attached hydrogens (tertiary/aromatic N) is 4. The van der Waals surface area contributed by atoms with E-state index < -0.39 is 32.8 Å². The molecule has 0 atom stereocenters. The Bertz CT molecular complexity index is 1960. The summed E-state index contributed by atoms with van der Waals surface area (Å²) >= 11 is 0. The van der Waals surface area contributed by atoms with E-state index in [9.17, 15) is 31.1 Å². The lowest BCUT2D eigenvalue weighted by atomic mass is 10.0. The first kappa shape index (κ1) is 34.3. The van der Waals surface area contributed by atoms with E-state index in [0.717, 1.165) is 22.0 Å². The Balaban J connectivity index is 1.48. The van der Waals surface area contributed by atoms with Gasteiger partial charge in [0.15, 0.2) is 0 Å². The summed E-state index contributed by atoms with van der Waals surface area (Å²) in [5, 5.41) is 17.6. The van der Waals surface area contributed by atoms with Crippen LogP contribution < -0.4 is 4.74 Å². The zero-order chi connectivity index (χ0) is 34.3. The normalized spacial score (nSPS) is 11.9. The molecule has 0 bridgehead atoms. The molecule has 5 aromatic rings. The van der Waals surface area contributed by atoms with Crippen molar-refractivity contribution in [1.82, 2.24) is 19.1 Å². The molecule has 250 valence electrons. The molecule has 1 aromatic heterocycles. The molecule has 5 rings (SSSR count). The minimum atomic E-state index is -5.19. The zero-order valence-electron chi connectivity index (χ0n) is 25.6. The molecule has 0 saturated carbocycles. The van der Waals surface area contributed by atoms with Gasteiger partial charge in [-0.1, -0.05) is 79.4 Å². The summed E-state index contributed by atoms with van der Waals surface area (Å²) in [5.41, 5.74) is 2.78. The maximum absolute atomic E-state index is 14.2. The average Bonchev–Trinajstić information content (AvgIpc) is 3.48. The number of hydrogen-bond acceptors (Lipinski definition) is 6. The maximum Gasteiger partial charge on any atom is 0.573 e. The van der Waals surface area contributed by atoms with Crippen LogP contribution in [0.5, 0.6) is 5.75 Å². The highest BCUT2D eigenvalue weighted by molar-refractivity contribution is 7.89. The summed E-state index contributed by atoms with van der Waals surface area (Å²) in [4.78, 5) is -0.678. The molecule has 0 aliphatic heterocycles. The topological polar surface area (TPSA) is 97.5 Å². The number of halogens is 4. The van der Waals surface area contributed by atoms with Gasteiger partial charge in [-0.2, -0.15) is 4.31 Å². The van der Waals surface area contributed by atoms with Crippen molar-refractivity contribution in [3.63, 3.8) is 0 Å². The highest BCUT2D eigenvalue weighted by Crippen LogP contribution is 2.36. The third-order valence-corrected chi connectivity index (χ3v) is 9.44. The quantitative estimate of drug-likeness (QED) is 0.0732. The Morgan fingerprint density at radius 2 is 1.60 bits per heavy atom. The third-order valence-electron chi connectivity index (χ3n) is 7.56. The van der Waals surface area contributed by atoms with Crippen LogP contribution in [0.4, 0.5) is 17.6 Å². The van der Waals surface area contributed by atoms with Crippen LogP contribution in [0.15, 0.2) is 115 Å². The lowest BCUT2D eigenvalue weighted by Crippen LogP contribution is -2.33. The fourth-order valence-electron chi connectivity index (χ4n) is 5.17. The lowest BCUT2D eigenvalue weighted by molar-refractivity contribution is -0.275. The molecule has 1 N–H and O–H groups in total. The fourth-order valence-corrected chi connectivity index (χ4v) is 6.70. The third kappa shape index (κ3) is 8.87. The SMILES string of the molecule is C=C(O)c1ccc(-c2ccc(S(=O)(=O)N(CCCCc3ccccc3)Cc3nncn3Cc3cccc(F)c3)c(OC(F)(F)F)c2)cc1. The Labute approximate surface area is 275 Å². The number of aliphatic hydroxyl groups excluding tert-OH is 1. The number of ether oxygens (including phenoxy) is 1. The lowest BCUT2D eigenvalue weighted by Gasteiger charge is -2.24. The number of aryl methyl sites for hydroxylation is 1. The van der Waals surface area contributed by atoms with Gasteiger partial charge in [-0.15, -0.1) is 23.4 Å². The molecule has 13 heteroatoms. The van der Waals surface area contributed by atoms with Gasteiger partial charge in [0.05, 0.1) is 13.1 Å². The minimum absolute atomic E-state index is 0.0400. The summed E-state index contributed by atoms with van der Waals surface area (Å²) < 4.78 is 90.3. The average molecular weight is 681 g/mol. The molecule has 0 saturated heterocycles. The molecule has 8 nitrogen and oxygen atoms in total. The number of alkyl halides is 3. The second-order valence-electron chi connectivity index (χ2n) is 11.0. The number of sulfonamides is 1. The van der Waals surface area contributed by atoms with Crippen LogP contribution >= 0.6 is 0 Å². The first-order chi connectivity index (χ1) is 22.9. The molecule has 1 heterocycles. The smallest absolute Gasteiger partial charge is 0.508 e. The molecule has 0 aliphatic carbocycles. The molecular formula is C35H32F4N4O4S. The van der Waals surface area contributed by atoms with Crippen molar-refractivity contribution in [2.45, 2.75) is 43.6 Å².